The van der Waals surface area contributed by atoms with Crippen LogP contribution >= 0.6 is 23.1 Å². The van der Waals surface area contributed by atoms with Gasteiger partial charge in [0.15, 0.2) is 5.16 Å². The molecule has 33 heavy (non-hydrogen) atoms. The van der Waals surface area contributed by atoms with Crippen LogP contribution in [0.5, 0.6) is 5.75 Å². The number of rotatable bonds is 7. The number of benzene rings is 2. The van der Waals surface area contributed by atoms with E-state index < -0.39 is 0 Å². The van der Waals surface area contributed by atoms with Crippen molar-refractivity contribution in [1.29, 1.82) is 0 Å². The van der Waals surface area contributed by atoms with Gasteiger partial charge in [0.1, 0.15) is 10.4 Å². The molecule has 0 unspecified atom stereocenters. The van der Waals surface area contributed by atoms with Crippen LogP contribution in [0, 0.1) is 6.92 Å². The lowest BCUT2D eigenvalue weighted by molar-refractivity contribution is 0.340. The molecular formula is C24H20N4O3S2. The van der Waals surface area contributed by atoms with Gasteiger partial charge in [-0.25, -0.2) is 4.98 Å². The zero-order valence-corrected chi connectivity index (χ0v) is 19.7. The molecule has 2 aromatic carbocycles. The standard InChI is InChI=1S/C24H20N4O3S2/c1-3-30-18-9-7-17(8-10-18)28-23(29)21-19(11-12-32-21)25-24(28)33-14-20-26-22(27-31-20)16-6-4-5-15(2)13-16/h4-13H,3,14H2,1-2H3. The quantitative estimate of drug-likeness (QED) is 0.227. The van der Waals surface area contributed by atoms with Crippen molar-refractivity contribution in [3.05, 3.63) is 81.8 Å². The number of thiophene rings is 1. The molecule has 0 aliphatic heterocycles. The molecule has 7 nitrogen and oxygen atoms in total. The molecule has 5 aromatic rings. The maximum atomic E-state index is 13.3. The third kappa shape index (κ3) is 4.42. The second kappa shape index (κ2) is 9.21. The van der Waals surface area contributed by atoms with Gasteiger partial charge in [0, 0.05) is 5.56 Å². The monoisotopic (exact) mass is 476 g/mol. The predicted molar refractivity (Wildman–Crippen MR) is 130 cm³/mol. The molecule has 9 heteroatoms. The summed E-state index contributed by atoms with van der Waals surface area (Å²) in [6.07, 6.45) is 0. The van der Waals surface area contributed by atoms with Crippen LogP contribution in [0.15, 0.2) is 74.5 Å². The molecule has 0 fully saturated rings. The molecule has 5 rings (SSSR count). The fourth-order valence-electron chi connectivity index (χ4n) is 3.42. The maximum Gasteiger partial charge on any atom is 0.276 e. The van der Waals surface area contributed by atoms with E-state index in [1.54, 1.807) is 4.57 Å². The van der Waals surface area contributed by atoms with E-state index in [-0.39, 0.29) is 5.56 Å². The topological polar surface area (TPSA) is 83.0 Å². The van der Waals surface area contributed by atoms with E-state index in [0.717, 1.165) is 22.6 Å². The second-order valence-corrected chi connectivity index (χ2v) is 9.13. The normalized spacial score (nSPS) is 11.2. The SMILES string of the molecule is CCOc1ccc(-n2c(SCc3nc(-c4cccc(C)c4)no3)nc3ccsc3c2=O)cc1. The van der Waals surface area contributed by atoms with Crippen molar-refractivity contribution in [3.63, 3.8) is 0 Å². The summed E-state index contributed by atoms with van der Waals surface area (Å²) in [6.45, 7) is 4.54. The van der Waals surface area contributed by atoms with Crippen LogP contribution in [0.3, 0.4) is 0 Å². The van der Waals surface area contributed by atoms with E-state index in [9.17, 15) is 4.79 Å². The van der Waals surface area contributed by atoms with Crippen molar-refractivity contribution in [2.75, 3.05) is 6.61 Å². The van der Waals surface area contributed by atoms with Crippen LogP contribution < -0.4 is 10.3 Å². The summed E-state index contributed by atoms with van der Waals surface area (Å²) >= 11 is 2.77. The largest absolute Gasteiger partial charge is 0.494 e. The predicted octanol–water partition coefficient (Wildman–Crippen LogP) is 5.50. The van der Waals surface area contributed by atoms with Crippen molar-refractivity contribution in [2.45, 2.75) is 24.8 Å². The molecule has 3 aromatic heterocycles. The van der Waals surface area contributed by atoms with Crippen LogP contribution in [0.25, 0.3) is 27.3 Å². The van der Waals surface area contributed by atoms with Crippen LogP contribution in [-0.4, -0.2) is 26.3 Å². The van der Waals surface area contributed by atoms with Gasteiger partial charge < -0.3 is 9.26 Å². The molecule has 0 saturated carbocycles. The first-order valence-electron chi connectivity index (χ1n) is 10.4. The molecule has 0 saturated heterocycles. The number of ether oxygens (including phenoxy) is 1. The molecule has 0 aliphatic rings. The highest BCUT2D eigenvalue weighted by molar-refractivity contribution is 7.98. The Hall–Kier alpha value is -3.43. The van der Waals surface area contributed by atoms with Gasteiger partial charge in [-0.05, 0) is 55.6 Å². The van der Waals surface area contributed by atoms with Crippen LogP contribution in [0.4, 0.5) is 0 Å². The van der Waals surface area contributed by atoms with E-state index in [1.165, 1.54) is 23.1 Å². The fourth-order valence-corrected chi connectivity index (χ4v) is 5.03. The van der Waals surface area contributed by atoms with Gasteiger partial charge in [-0.15, -0.1) is 11.3 Å². The Kier molecular flexibility index (Phi) is 5.97. The molecule has 0 aliphatic carbocycles. The van der Waals surface area contributed by atoms with E-state index in [4.69, 9.17) is 14.2 Å². The molecule has 0 amide bonds. The minimum absolute atomic E-state index is 0.104. The van der Waals surface area contributed by atoms with Crippen molar-refractivity contribution in [1.82, 2.24) is 19.7 Å². The van der Waals surface area contributed by atoms with Gasteiger partial charge in [-0.2, -0.15) is 4.98 Å². The van der Waals surface area contributed by atoms with Crippen molar-refractivity contribution in [3.8, 4) is 22.8 Å². The Morgan fingerprint density at radius 2 is 1.97 bits per heavy atom. The van der Waals surface area contributed by atoms with Crippen molar-refractivity contribution >= 4 is 33.3 Å². The summed E-state index contributed by atoms with van der Waals surface area (Å²) in [4.78, 5) is 22.5. The Balaban J connectivity index is 1.47. The van der Waals surface area contributed by atoms with Gasteiger partial charge in [0.05, 0.1) is 23.6 Å². The average molecular weight is 477 g/mol. The van der Waals surface area contributed by atoms with E-state index in [0.29, 0.717) is 39.4 Å². The summed E-state index contributed by atoms with van der Waals surface area (Å²) in [6, 6.07) is 17.2. The zero-order valence-electron chi connectivity index (χ0n) is 18.0. The summed E-state index contributed by atoms with van der Waals surface area (Å²) < 4.78 is 13.2. The number of nitrogens with zero attached hydrogens (tertiary/aromatic N) is 4. The highest BCUT2D eigenvalue weighted by Gasteiger charge is 2.16. The molecule has 0 spiro atoms. The number of hydrogen-bond donors (Lipinski definition) is 0. The number of thioether (sulfide) groups is 1. The van der Waals surface area contributed by atoms with Gasteiger partial charge >= 0.3 is 0 Å². The smallest absolute Gasteiger partial charge is 0.276 e. The third-order valence-electron chi connectivity index (χ3n) is 4.92. The van der Waals surface area contributed by atoms with Crippen molar-refractivity contribution < 1.29 is 9.26 Å². The van der Waals surface area contributed by atoms with Crippen LogP contribution in [0.1, 0.15) is 18.4 Å². The Morgan fingerprint density at radius 3 is 2.76 bits per heavy atom. The molecule has 166 valence electrons. The lowest BCUT2D eigenvalue weighted by atomic mass is 10.1. The summed E-state index contributed by atoms with van der Waals surface area (Å²) in [5, 5.41) is 6.54. The second-order valence-electron chi connectivity index (χ2n) is 7.27. The van der Waals surface area contributed by atoms with Crippen molar-refractivity contribution in [2.24, 2.45) is 0 Å². The van der Waals surface area contributed by atoms with E-state index >= 15 is 0 Å². The minimum Gasteiger partial charge on any atom is -0.494 e. The molecule has 0 bridgehead atoms. The first kappa shape index (κ1) is 21.4. The number of hydrogen-bond acceptors (Lipinski definition) is 8. The minimum atomic E-state index is -0.104. The molecule has 0 radical (unpaired) electrons. The maximum absolute atomic E-state index is 13.3. The van der Waals surface area contributed by atoms with E-state index in [1.807, 2.05) is 73.8 Å². The first-order chi connectivity index (χ1) is 16.1. The Labute approximate surface area is 198 Å². The number of aryl methyl sites for hydroxylation is 1. The third-order valence-corrected chi connectivity index (χ3v) is 6.74. The van der Waals surface area contributed by atoms with Gasteiger partial charge in [-0.1, -0.05) is 40.7 Å². The lowest BCUT2D eigenvalue weighted by Crippen LogP contribution is -2.20. The number of aromatic nitrogens is 4. The highest BCUT2D eigenvalue weighted by Crippen LogP contribution is 2.27. The average Bonchev–Trinajstić information content (AvgIpc) is 3.49. The van der Waals surface area contributed by atoms with Crippen LogP contribution in [-0.2, 0) is 5.75 Å². The van der Waals surface area contributed by atoms with Gasteiger partial charge in [0.25, 0.3) is 5.56 Å². The first-order valence-corrected chi connectivity index (χ1v) is 12.2. The summed E-state index contributed by atoms with van der Waals surface area (Å²) in [5.41, 5.74) is 3.33. The Bertz CT molecular complexity index is 1470. The van der Waals surface area contributed by atoms with E-state index in [2.05, 4.69) is 10.1 Å². The molecule has 3 heterocycles. The Morgan fingerprint density at radius 1 is 1.12 bits per heavy atom. The summed E-state index contributed by atoms with van der Waals surface area (Å²) in [5.74, 6) is 2.15. The highest BCUT2D eigenvalue weighted by atomic mass is 32.2. The molecular weight excluding hydrogens is 456 g/mol. The van der Waals surface area contributed by atoms with Gasteiger partial charge in [0.2, 0.25) is 11.7 Å². The molecule has 0 atom stereocenters. The zero-order chi connectivity index (χ0) is 22.8. The molecule has 0 N–H and O–H groups in total. The van der Waals surface area contributed by atoms with Crippen LogP contribution in [0.2, 0.25) is 0 Å². The van der Waals surface area contributed by atoms with Gasteiger partial charge in [-0.3, -0.25) is 9.36 Å². The number of fused-ring (bicyclic) bond motifs is 1. The fraction of sp³-hybridized carbons (Fsp3) is 0.167. The summed E-state index contributed by atoms with van der Waals surface area (Å²) in [7, 11) is 0. The lowest BCUT2D eigenvalue weighted by Gasteiger charge is -2.12.